The first-order valence-corrected chi connectivity index (χ1v) is 12.1. The van der Waals surface area contributed by atoms with E-state index >= 15 is 0 Å². The van der Waals surface area contributed by atoms with Gasteiger partial charge in [-0.15, -0.1) is 0 Å². The quantitative estimate of drug-likeness (QED) is 0.629. The van der Waals surface area contributed by atoms with Crippen LogP contribution < -0.4 is 10.2 Å². The number of carbonyl (C=O) groups is 1. The zero-order chi connectivity index (χ0) is 21.6. The molecule has 0 radical (unpaired) electrons. The van der Waals surface area contributed by atoms with Gasteiger partial charge in [0.1, 0.15) is 0 Å². The van der Waals surface area contributed by atoms with Gasteiger partial charge in [0.2, 0.25) is 15.9 Å². The first-order chi connectivity index (χ1) is 14.3. The molecule has 3 rings (SSSR count). The summed E-state index contributed by atoms with van der Waals surface area (Å²) >= 11 is 5.84. The van der Waals surface area contributed by atoms with E-state index in [2.05, 4.69) is 35.3 Å². The van der Waals surface area contributed by atoms with Gasteiger partial charge in [-0.1, -0.05) is 35.9 Å². The number of sulfonamides is 1. The fourth-order valence-electron chi connectivity index (χ4n) is 3.51. The largest absolute Gasteiger partial charge is 0.369 e. The average molecular weight is 450 g/mol. The molecule has 0 aliphatic carbocycles. The molecule has 0 saturated carbocycles. The lowest BCUT2D eigenvalue weighted by atomic mass is 10.1. The van der Waals surface area contributed by atoms with E-state index in [1.165, 1.54) is 5.56 Å². The molecule has 2 aromatic carbocycles. The number of halogens is 1. The summed E-state index contributed by atoms with van der Waals surface area (Å²) in [7, 11) is -3.32. The molecular weight excluding hydrogens is 422 g/mol. The third kappa shape index (κ3) is 6.45. The summed E-state index contributed by atoms with van der Waals surface area (Å²) in [5.74, 6) is -0.0833. The number of carbonyl (C=O) groups excluding carboxylic acids is 1. The van der Waals surface area contributed by atoms with Gasteiger partial charge in [0.15, 0.2) is 0 Å². The lowest BCUT2D eigenvalue weighted by Gasteiger charge is -2.35. The number of aryl methyl sites for hydroxylation is 1. The normalized spacial score (nSPS) is 15.2. The fourth-order valence-corrected chi connectivity index (χ4v) is 5.12. The Morgan fingerprint density at radius 2 is 1.77 bits per heavy atom. The lowest BCUT2D eigenvalue weighted by molar-refractivity contribution is -0.120. The van der Waals surface area contributed by atoms with Gasteiger partial charge in [0, 0.05) is 43.4 Å². The first kappa shape index (κ1) is 22.6. The van der Waals surface area contributed by atoms with Gasteiger partial charge in [-0.05, 0) is 48.7 Å². The zero-order valence-electron chi connectivity index (χ0n) is 17.2. The highest BCUT2D eigenvalue weighted by Gasteiger charge is 2.26. The highest BCUT2D eigenvalue weighted by atomic mass is 35.5. The molecule has 30 heavy (non-hydrogen) atoms. The Bertz CT molecular complexity index is 956. The number of anilines is 1. The van der Waals surface area contributed by atoms with Gasteiger partial charge in [-0.25, -0.2) is 8.42 Å². The predicted molar refractivity (Wildman–Crippen MR) is 122 cm³/mol. The molecule has 1 saturated heterocycles. The minimum atomic E-state index is -3.32. The number of piperazine rings is 1. The van der Waals surface area contributed by atoms with Gasteiger partial charge in [0.05, 0.1) is 12.2 Å². The molecular formula is C22H28ClN3O3S. The maximum absolute atomic E-state index is 12.6. The first-order valence-electron chi connectivity index (χ1n) is 10.1. The van der Waals surface area contributed by atoms with Crippen molar-refractivity contribution in [1.29, 1.82) is 0 Å². The zero-order valence-corrected chi connectivity index (χ0v) is 18.8. The van der Waals surface area contributed by atoms with Crippen LogP contribution in [0.15, 0.2) is 48.5 Å². The van der Waals surface area contributed by atoms with Crippen molar-refractivity contribution in [3.63, 3.8) is 0 Å². The molecule has 8 heteroatoms. The SMILES string of the molecule is Cc1cccc(N2CCN(S(=O)(=O)CCCNC(=O)Cc3ccc(Cl)cc3)CC2)c1. The summed E-state index contributed by atoms with van der Waals surface area (Å²) in [6.07, 6.45) is 0.650. The number of hydrogen-bond acceptors (Lipinski definition) is 4. The van der Waals surface area contributed by atoms with Gasteiger partial charge in [-0.3, -0.25) is 4.79 Å². The second-order valence-corrected chi connectivity index (χ2v) is 10.1. The van der Waals surface area contributed by atoms with Crippen molar-refractivity contribution in [3.05, 3.63) is 64.7 Å². The summed E-state index contributed by atoms with van der Waals surface area (Å²) in [5, 5.41) is 3.42. The van der Waals surface area contributed by atoms with Gasteiger partial charge in [-0.2, -0.15) is 4.31 Å². The molecule has 0 bridgehead atoms. The maximum Gasteiger partial charge on any atom is 0.224 e. The van der Waals surface area contributed by atoms with Crippen LogP contribution in [0.4, 0.5) is 5.69 Å². The number of nitrogens with one attached hydrogen (secondary N) is 1. The molecule has 162 valence electrons. The summed E-state index contributed by atoms with van der Waals surface area (Å²) < 4.78 is 26.8. The summed E-state index contributed by atoms with van der Waals surface area (Å²) in [6, 6.07) is 15.4. The standard InChI is InChI=1S/C22H28ClN3O3S/c1-18-4-2-5-21(16-18)25-11-13-26(14-12-25)30(28,29)15-3-10-24-22(27)17-19-6-8-20(23)9-7-19/h2,4-9,16H,3,10-15,17H2,1H3,(H,24,27). The van der Waals surface area contributed by atoms with E-state index in [9.17, 15) is 13.2 Å². The van der Waals surface area contributed by atoms with Crippen LogP contribution in [-0.4, -0.2) is 57.1 Å². The highest BCUT2D eigenvalue weighted by Crippen LogP contribution is 2.19. The predicted octanol–water partition coefficient (Wildman–Crippen LogP) is 2.85. The molecule has 0 spiro atoms. The number of hydrogen-bond donors (Lipinski definition) is 1. The number of rotatable bonds is 8. The topological polar surface area (TPSA) is 69.7 Å². The van der Waals surface area contributed by atoms with E-state index in [1.807, 2.05) is 18.2 Å². The summed E-state index contributed by atoms with van der Waals surface area (Å²) in [4.78, 5) is 14.2. The Balaban J connectivity index is 1.39. The molecule has 0 aromatic heterocycles. The van der Waals surface area contributed by atoms with Crippen LogP contribution in [-0.2, 0) is 21.2 Å². The second kappa shape index (κ2) is 10.3. The smallest absolute Gasteiger partial charge is 0.224 e. The van der Waals surface area contributed by atoms with Crippen LogP contribution in [0.2, 0.25) is 5.02 Å². The van der Waals surface area contributed by atoms with E-state index < -0.39 is 10.0 Å². The van der Waals surface area contributed by atoms with Crippen molar-refractivity contribution < 1.29 is 13.2 Å². The van der Waals surface area contributed by atoms with E-state index in [1.54, 1.807) is 16.4 Å². The van der Waals surface area contributed by atoms with E-state index in [-0.39, 0.29) is 18.1 Å². The molecule has 1 amide bonds. The third-order valence-corrected chi connectivity index (χ3v) is 7.39. The minimum absolute atomic E-state index is 0.0403. The van der Waals surface area contributed by atoms with Crippen molar-refractivity contribution in [1.82, 2.24) is 9.62 Å². The van der Waals surface area contributed by atoms with E-state index in [0.29, 0.717) is 44.2 Å². The molecule has 0 atom stereocenters. The Labute approximate surface area is 183 Å². The summed E-state index contributed by atoms with van der Waals surface area (Å²) in [6.45, 7) is 4.73. The van der Waals surface area contributed by atoms with Crippen LogP contribution >= 0.6 is 11.6 Å². The molecule has 6 nitrogen and oxygen atoms in total. The van der Waals surface area contributed by atoms with E-state index in [4.69, 9.17) is 11.6 Å². The van der Waals surface area contributed by atoms with Gasteiger partial charge >= 0.3 is 0 Å². The maximum atomic E-state index is 12.6. The second-order valence-electron chi connectivity index (χ2n) is 7.55. The van der Waals surface area contributed by atoms with Gasteiger partial charge < -0.3 is 10.2 Å². The molecule has 1 aliphatic rings. The Hall–Kier alpha value is -2.09. The van der Waals surface area contributed by atoms with Crippen molar-refractivity contribution in [2.45, 2.75) is 19.8 Å². The van der Waals surface area contributed by atoms with Crippen molar-refractivity contribution >= 4 is 33.2 Å². The molecule has 1 heterocycles. The third-order valence-electron chi connectivity index (χ3n) is 5.18. The minimum Gasteiger partial charge on any atom is -0.369 e. The van der Waals surface area contributed by atoms with Crippen LogP contribution in [0.1, 0.15) is 17.5 Å². The molecule has 1 aliphatic heterocycles. The van der Waals surface area contributed by atoms with Gasteiger partial charge in [0.25, 0.3) is 0 Å². The van der Waals surface area contributed by atoms with Crippen molar-refractivity contribution in [2.75, 3.05) is 43.4 Å². The van der Waals surface area contributed by atoms with Crippen molar-refractivity contribution in [3.8, 4) is 0 Å². The molecule has 0 unspecified atom stereocenters. The molecule has 2 aromatic rings. The van der Waals surface area contributed by atoms with Crippen LogP contribution in [0.5, 0.6) is 0 Å². The number of nitrogens with zero attached hydrogens (tertiary/aromatic N) is 2. The van der Waals surface area contributed by atoms with Crippen LogP contribution in [0.3, 0.4) is 0 Å². The molecule has 1 N–H and O–H groups in total. The average Bonchev–Trinajstić information content (AvgIpc) is 2.73. The summed E-state index contributed by atoms with van der Waals surface area (Å²) in [5.41, 5.74) is 3.20. The number of benzene rings is 2. The highest BCUT2D eigenvalue weighted by molar-refractivity contribution is 7.89. The lowest BCUT2D eigenvalue weighted by Crippen LogP contribution is -2.49. The number of amides is 1. The Morgan fingerprint density at radius 1 is 1.07 bits per heavy atom. The Morgan fingerprint density at radius 3 is 2.43 bits per heavy atom. The monoisotopic (exact) mass is 449 g/mol. The fraction of sp³-hybridized carbons (Fsp3) is 0.409. The molecule has 1 fully saturated rings. The van der Waals surface area contributed by atoms with E-state index in [0.717, 1.165) is 11.3 Å². The Kier molecular flexibility index (Phi) is 7.75. The van der Waals surface area contributed by atoms with Crippen LogP contribution in [0.25, 0.3) is 0 Å². The van der Waals surface area contributed by atoms with Crippen molar-refractivity contribution in [2.24, 2.45) is 0 Å². The van der Waals surface area contributed by atoms with Crippen LogP contribution in [0, 0.1) is 6.92 Å².